The molecule has 12 heteroatoms. The lowest BCUT2D eigenvalue weighted by atomic mass is 10.1. The van der Waals surface area contributed by atoms with Crippen LogP contribution in [0.15, 0.2) is 56.8 Å². The van der Waals surface area contributed by atoms with Crippen molar-refractivity contribution in [3.63, 3.8) is 0 Å². The van der Waals surface area contributed by atoms with Gasteiger partial charge < -0.3 is 9.84 Å². The van der Waals surface area contributed by atoms with Crippen LogP contribution in [0.1, 0.15) is 28.7 Å². The average Bonchev–Trinajstić information content (AvgIpc) is 3.08. The summed E-state index contributed by atoms with van der Waals surface area (Å²) in [5.41, 5.74) is 0.469. The Balaban J connectivity index is 1.90. The number of carbonyl (C=O) groups excluding carboxylic acids is 1. The molecule has 2 N–H and O–H groups in total. The molecule has 1 aromatic heterocycles. The van der Waals surface area contributed by atoms with Crippen molar-refractivity contribution in [3.05, 3.63) is 64.5 Å². The highest BCUT2D eigenvalue weighted by atomic mass is 35.5. The second-order valence-corrected chi connectivity index (χ2v) is 11.2. The van der Waals surface area contributed by atoms with Crippen molar-refractivity contribution in [1.82, 2.24) is 5.16 Å². The van der Waals surface area contributed by atoms with Crippen LogP contribution in [0.3, 0.4) is 0 Å². The number of carbonyl (C=O) groups is 1. The fourth-order valence-electron chi connectivity index (χ4n) is 2.96. The predicted molar refractivity (Wildman–Crippen MR) is 120 cm³/mol. The summed E-state index contributed by atoms with van der Waals surface area (Å²) in [6, 6.07) is 9.77. The number of anilines is 2. The third-order valence-corrected chi connectivity index (χ3v) is 8.15. The predicted octanol–water partition coefficient (Wildman–Crippen LogP) is 3.79. The van der Waals surface area contributed by atoms with Gasteiger partial charge in [0.2, 0.25) is 0 Å². The molecule has 1 amide bonds. The van der Waals surface area contributed by atoms with E-state index in [1.165, 1.54) is 63.2 Å². The highest BCUT2D eigenvalue weighted by Crippen LogP contribution is 2.27. The first-order chi connectivity index (χ1) is 14.9. The van der Waals surface area contributed by atoms with Crippen LogP contribution in [0.5, 0.6) is 0 Å². The Kier molecular flexibility index (Phi) is 6.63. The molecule has 0 aliphatic carbocycles. The number of aryl methyl sites for hydroxylation is 2. The number of hydrogen-bond donors (Lipinski definition) is 2. The topological polar surface area (TPSA) is 135 Å². The lowest BCUT2D eigenvalue weighted by molar-refractivity contribution is 0.102. The van der Waals surface area contributed by atoms with Gasteiger partial charge in [0, 0.05) is 10.7 Å². The number of halogens is 1. The van der Waals surface area contributed by atoms with Crippen LogP contribution in [0, 0.1) is 13.8 Å². The first-order valence-electron chi connectivity index (χ1n) is 9.34. The maximum Gasteiger partial charge on any atom is 0.267 e. The quantitative estimate of drug-likeness (QED) is 0.506. The molecular weight excluding hydrogens is 478 g/mol. The molecule has 2 aromatic carbocycles. The van der Waals surface area contributed by atoms with E-state index in [1.807, 2.05) is 0 Å². The van der Waals surface area contributed by atoms with Crippen LogP contribution in [0.25, 0.3) is 0 Å². The molecule has 3 aromatic rings. The van der Waals surface area contributed by atoms with E-state index < -0.39 is 25.8 Å². The van der Waals surface area contributed by atoms with Gasteiger partial charge in [-0.25, -0.2) is 16.8 Å². The Labute approximate surface area is 190 Å². The van der Waals surface area contributed by atoms with E-state index in [4.69, 9.17) is 16.1 Å². The molecule has 3 rings (SSSR count). The number of benzene rings is 2. The molecule has 0 saturated heterocycles. The lowest BCUT2D eigenvalue weighted by Crippen LogP contribution is -2.19. The van der Waals surface area contributed by atoms with Crippen LogP contribution in [-0.4, -0.2) is 33.7 Å². The number of rotatable bonds is 7. The Morgan fingerprint density at radius 3 is 2.28 bits per heavy atom. The van der Waals surface area contributed by atoms with Crippen LogP contribution < -0.4 is 10.0 Å². The number of sulfonamides is 1. The number of nitrogens with zero attached hydrogens (tertiary/aromatic N) is 1. The van der Waals surface area contributed by atoms with Crippen molar-refractivity contribution < 1.29 is 26.2 Å². The summed E-state index contributed by atoms with van der Waals surface area (Å²) in [5, 5.41) is 6.47. The molecule has 0 aliphatic heterocycles. The fraction of sp³-hybridized carbons (Fsp3) is 0.200. The SMILES string of the molecule is CCS(=O)(=O)c1ccc(NC(=O)c2cc(Cl)ccc2NS(=O)(=O)c2c(C)noc2C)cc1. The molecule has 1 heterocycles. The van der Waals surface area contributed by atoms with E-state index in [9.17, 15) is 21.6 Å². The van der Waals surface area contributed by atoms with Crippen molar-refractivity contribution in [3.8, 4) is 0 Å². The summed E-state index contributed by atoms with van der Waals surface area (Å²) in [5.74, 6) is -0.581. The van der Waals surface area contributed by atoms with Crippen molar-refractivity contribution in [2.24, 2.45) is 0 Å². The van der Waals surface area contributed by atoms with Gasteiger partial charge in [-0.15, -0.1) is 0 Å². The highest BCUT2D eigenvalue weighted by molar-refractivity contribution is 7.92. The third kappa shape index (κ3) is 4.95. The first kappa shape index (κ1) is 23.8. The number of nitrogens with one attached hydrogen (secondary N) is 2. The monoisotopic (exact) mass is 497 g/mol. The first-order valence-corrected chi connectivity index (χ1v) is 12.9. The van der Waals surface area contributed by atoms with Gasteiger partial charge in [0.05, 0.1) is 21.9 Å². The summed E-state index contributed by atoms with van der Waals surface area (Å²) >= 11 is 6.02. The zero-order valence-corrected chi connectivity index (χ0v) is 19.7. The molecule has 0 atom stereocenters. The highest BCUT2D eigenvalue weighted by Gasteiger charge is 2.26. The van der Waals surface area contributed by atoms with Crippen molar-refractivity contribution in [2.45, 2.75) is 30.6 Å². The molecule has 0 fully saturated rings. The molecule has 0 aliphatic rings. The van der Waals surface area contributed by atoms with Gasteiger partial charge in [0.25, 0.3) is 15.9 Å². The summed E-state index contributed by atoms with van der Waals surface area (Å²) in [7, 11) is -7.47. The Morgan fingerprint density at radius 1 is 1.06 bits per heavy atom. The third-order valence-electron chi connectivity index (χ3n) is 4.56. The van der Waals surface area contributed by atoms with Crippen LogP contribution in [0.2, 0.25) is 5.02 Å². The van der Waals surface area contributed by atoms with Gasteiger partial charge in [0.1, 0.15) is 5.69 Å². The largest absolute Gasteiger partial charge is 0.360 e. The standard InChI is InChI=1S/C20H20ClN3O6S2/c1-4-31(26,27)16-8-6-15(7-9-16)22-20(25)17-11-14(21)5-10-18(17)24-32(28,29)19-12(2)23-30-13(19)3/h5-11,24H,4H2,1-3H3,(H,22,25). The molecule has 0 radical (unpaired) electrons. The zero-order chi connectivity index (χ0) is 23.7. The van der Waals surface area contributed by atoms with Crippen molar-refractivity contribution >= 4 is 48.7 Å². The van der Waals surface area contributed by atoms with Gasteiger partial charge in [-0.2, -0.15) is 0 Å². The number of amides is 1. The normalized spacial score (nSPS) is 11.9. The van der Waals surface area contributed by atoms with Crippen molar-refractivity contribution in [1.29, 1.82) is 0 Å². The maximum absolute atomic E-state index is 12.9. The minimum atomic E-state index is -4.09. The van der Waals surface area contributed by atoms with Crippen molar-refractivity contribution in [2.75, 3.05) is 15.8 Å². The minimum absolute atomic E-state index is 0.00270. The molecule has 0 spiro atoms. The molecule has 0 unspecified atom stereocenters. The van der Waals surface area contributed by atoms with Crippen LogP contribution in [0.4, 0.5) is 11.4 Å². The molecule has 0 saturated carbocycles. The number of sulfone groups is 1. The van der Waals surface area contributed by atoms with Crippen LogP contribution >= 0.6 is 11.6 Å². The van der Waals surface area contributed by atoms with E-state index in [2.05, 4.69) is 15.2 Å². The lowest BCUT2D eigenvalue weighted by Gasteiger charge is -2.13. The van der Waals surface area contributed by atoms with E-state index in [-0.39, 0.29) is 43.3 Å². The van der Waals surface area contributed by atoms with Gasteiger partial charge in [-0.1, -0.05) is 23.7 Å². The Morgan fingerprint density at radius 2 is 1.72 bits per heavy atom. The van der Waals surface area contributed by atoms with Gasteiger partial charge in [-0.3, -0.25) is 9.52 Å². The summed E-state index contributed by atoms with van der Waals surface area (Å²) < 4.78 is 56.9. The fourth-order valence-corrected chi connectivity index (χ4v) is 5.43. The zero-order valence-electron chi connectivity index (χ0n) is 17.3. The van der Waals surface area contributed by atoms with Gasteiger partial charge in [0.15, 0.2) is 20.5 Å². The van der Waals surface area contributed by atoms with E-state index >= 15 is 0 Å². The Bertz CT molecular complexity index is 1360. The van der Waals surface area contributed by atoms with Gasteiger partial charge >= 0.3 is 0 Å². The van der Waals surface area contributed by atoms with Crippen LogP contribution in [-0.2, 0) is 19.9 Å². The van der Waals surface area contributed by atoms with Gasteiger partial charge in [-0.05, 0) is 56.3 Å². The second kappa shape index (κ2) is 8.93. The molecule has 32 heavy (non-hydrogen) atoms. The number of aromatic nitrogens is 1. The van der Waals surface area contributed by atoms with E-state index in [0.717, 1.165) is 0 Å². The van der Waals surface area contributed by atoms with E-state index in [1.54, 1.807) is 0 Å². The minimum Gasteiger partial charge on any atom is -0.360 e. The molecule has 9 nitrogen and oxygen atoms in total. The summed E-state index contributed by atoms with van der Waals surface area (Å²) in [6.07, 6.45) is 0. The summed E-state index contributed by atoms with van der Waals surface area (Å²) in [4.78, 5) is 12.9. The van der Waals surface area contributed by atoms with E-state index in [0.29, 0.717) is 5.69 Å². The Hall–Kier alpha value is -2.89. The molecular formula is C20H20ClN3O6S2. The smallest absolute Gasteiger partial charge is 0.267 e. The molecule has 170 valence electrons. The number of hydrogen-bond acceptors (Lipinski definition) is 7. The second-order valence-electron chi connectivity index (χ2n) is 6.83. The maximum atomic E-state index is 12.9. The summed E-state index contributed by atoms with van der Waals surface area (Å²) in [6.45, 7) is 4.49. The average molecular weight is 498 g/mol. The molecule has 0 bridgehead atoms.